The van der Waals surface area contributed by atoms with Gasteiger partial charge in [0.05, 0.1) is 33.9 Å². The minimum Gasteiger partial charge on any atom is -0.309 e. The standard InChI is InChI=1S/C31H18N4/c32-19-21-14-15-30-28(17-21)26-11-3-4-13-29(26)35(30)24-9-5-7-22(18-24)25-10-1-2-12-27(25)31-23(20-33)8-6-16-34-31/h1-18H. The third kappa shape index (κ3) is 3.33. The van der Waals surface area contributed by atoms with Crippen molar-refractivity contribution in [1.82, 2.24) is 9.55 Å². The van der Waals surface area contributed by atoms with E-state index in [-0.39, 0.29) is 0 Å². The topological polar surface area (TPSA) is 65.4 Å². The van der Waals surface area contributed by atoms with Crippen LogP contribution in [0, 0.1) is 22.7 Å². The molecule has 162 valence electrons. The monoisotopic (exact) mass is 446 g/mol. The summed E-state index contributed by atoms with van der Waals surface area (Å²) >= 11 is 0. The molecular formula is C31H18N4. The lowest BCUT2D eigenvalue weighted by atomic mass is 9.95. The fourth-order valence-electron chi connectivity index (χ4n) is 4.78. The molecule has 0 amide bonds. The van der Waals surface area contributed by atoms with Crippen molar-refractivity contribution in [3.05, 3.63) is 120 Å². The molecule has 4 heteroatoms. The van der Waals surface area contributed by atoms with E-state index in [1.165, 1.54) is 0 Å². The number of pyridine rings is 1. The van der Waals surface area contributed by atoms with E-state index in [0.717, 1.165) is 44.2 Å². The molecule has 6 rings (SSSR count). The molecule has 2 aromatic heterocycles. The van der Waals surface area contributed by atoms with Gasteiger partial charge in [-0.1, -0.05) is 54.6 Å². The SMILES string of the molecule is N#Cc1ccc2c(c1)c1ccccc1n2-c1cccc(-c2ccccc2-c2ncccc2C#N)c1. The van der Waals surface area contributed by atoms with Crippen LogP contribution in [0.2, 0.25) is 0 Å². The predicted molar refractivity (Wildman–Crippen MR) is 139 cm³/mol. The molecule has 0 saturated heterocycles. The Kier molecular flexibility index (Phi) is 4.84. The summed E-state index contributed by atoms with van der Waals surface area (Å²) in [6.07, 6.45) is 1.72. The van der Waals surface area contributed by atoms with Crippen LogP contribution in [0.4, 0.5) is 0 Å². The smallest absolute Gasteiger partial charge is 0.101 e. The van der Waals surface area contributed by atoms with Crippen LogP contribution in [0.1, 0.15) is 11.1 Å². The second-order valence-corrected chi connectivity index (χ2v) is 8.30. The molecule has 0 unspecified atom stereocenters. The molecule has 0 saturated carbocycles. The van der Waals surface area contributed by atoms with Crippen LogP contribution in [0.15, 0.2) is 109 Å². The van der Waals surface area contributed by atoms with Gasteiger partial charge in [-0.3, -0.25) is 4.98 Å². The number of para-hydroxylation sites is 1. The summed E-state index contributed by atoms with van der Waals surface area (Å²) < 4.78 is 2.24. The van der Waals surface area contributed by atoms with Crippen LogP contribution in [-0.2, 0) is 0 Å². The Morgan fingerprint density at radius 1 is 0.629 bits per heavy atom. The Morgan fingerprint density at radius 3 is 2.29 bits per heavy atom. The van der Waals surface area contributed by atoms with Crippen LogP contribution < -0.4 is 0 Å². The first-order chi connectivity index (χ1) is 17.3. The van der Waals surface area contributed by atoms with Crippen LogP contribution in [0.25, 0.3) is 49.9 Å². The molecule has 0 aliphatic rings. The quantitative estimate of drug-likeness (QED) is 0.287. The molecule has 2 heterocycles. The van der Waals surface area contributed by atoms with Crippen molar-refractivity contribution in [2.75, 3.05) is 0 Å². The molecule has 6 aromatic rings. The Labute approximate surface area is 202 Å². The summed E-state index contributed by atoms with van der Waals surface area (Å²) in [5.74, 6) is 0. The summed E-state index contributed by atoms with van der Waals surface area (Å²) in [7, 11) is 0. The third-order valence-electron chi connectivity index (χ3n) is 6.33. The van der Waals surface area contributed by atoms with Crippen molar-refractivity contribution < 1.29 is 0 Å². The summed E-state index contributed by atoms with van der Waals surface area (Å²) in [5.41, 5.74) is 7.99. The van der Waals surface area contributed by atoms with Gasteiger partial charge < -0.3 is 4.57 Å². The van der Waals surface area contributed by atoms with Crippen LogP contribution in [0.3, 0.4) is 0 Å². The summed E-state index contributed by atoms with van der Waals surface area (Å²) in [6, 6.07) is 38.6. The van der Waals surface area contributed by atoms with Crippen LogP contribution in [0.5, 0.6) is 0 Å². The molecule has 35 heavy (non-hydrogen) atoms. The van der Waals surface area contributed by atoms with Crippen molar-refractivity contribution in [1.29, 1.82) is 10.5 Å². The number of nitrogens with zero attached hydrogens (tertiary/aromatic N) is 4. The van der Waals surface area contributed by atoms with Crippen molar-refractivity contribution in [2.24, 2.45) is 0 Å². The number of hydrogen-bond donors (Lipinski definition) is 0. The molecule has 4 nitrogen and oxygen atoms in total. The van der Waals surface area contributed by atoms with Crippen molar-refractivity contribution in [3.63, 3.8) is 0 Å². The minimum absolute atomic E-state index is 0.548. The maximum absolute atomic E-state index is 9.64. The fourth-order valence-corrected chi connectivity index (χ4v) is 4.78. The van der Waals surface area contributed by atoms with E-state index in [9.17, 15) is 10.5 Å². The lowest BCUT2D eigenvalue weighted by Crippen LogP contribution is -1.95. The van der Waals surface area contributed by atoms with Gasteiger partial charge in [0.25, 0.3) is 0 Å². The Hall–Kier alpha value is -5.19. The van der Waals surface area contributed by atoms with Gasteiger partial charge in [-0.2, -0.15) is 10.5 Å². The highest BCUT2D eigenvalue weighted by Gasteiger charge is 2.15. The molecule has 0 fully saturated rings. The van der Waals surface area contributed by atoms with Crippen molar-refractivity contribution in [3.8, 4) is 40.2 Å². The van der Waals surface area contributed by atoms with E-state index in [4.69, 9.17) is 0 Å². The largest absolute Gasteiger partial charge is 0.309 e. The summed E-state index contributed by atoms with van der Waals surface area (Å²) in [6.45, 7) is 0. The molecule has 0 atom stereocenters. The second kappa shape index (κ2) is 8.30. The van der Waals surface area contributed by atoms with E-state index in [1.807, 2.05) is 48.5 Å². The van der Waals surface area contributed by atoms with Crippen molar-refractivity contribution in [2.45, 2.75) is 0 Å². The first-order valence-electron chi connectivity index (χ1n) is 11.3. The molecule has 0 aliphatic heterocycles. The normalized spacial score (nSPS) is 10.8. The zero-order chi connectivity index (χ0) is 23.8. The molecular weight excluding hydrogens is 428 g/mol. The molecule has 0 spiro atoms. The van der Waals surface area contributed by atoms with Gasteiger partial charge in [0.15, 0.2) is 0 Å². The highest BCUT2D eigenvalue weighted by molar-refractivity contribution is 6.09. The van der Waals surface area contributed by atoms with E-state index in [2.05, 4.69) is 64.2 Å². The molecule has 4 aromatic carbocycles. The summed E-state index contributed by atoms with van der Waals surface area (Å²) in [5, 5.41) is 21.2. The van der Waals surface area contributed by atoms with Gasteiger partial charge >= 0.3 is 0 Å². The van der Waals surface area contributed by atoms with Gasteiger partial charge in [-0.15, -0.1) is 0 Å². The lowest BCUT2D eigenvalue weighted by molar-refractivity contribution is 1.18. The molecule has 0 N–H and O–H groups in total. The number of rotatable bonds is 3. The van der Waals surface area contributed by atoms with Crippen LogP contribution >= 0.6 is 0 Å². The first kappa shape index (κ1) is 20.4. The number of aromatic nitrogens is 2. The Morgan fingerprint density at radius 2 is 1.43 bits per heavy atom. The zero-order valence-electron chi connectivity index (χ0n) is 18.7. The van der Waals surface area contributed by atoms with E-state index >= 15 is 0 Å². The van der Waals surface area contributed by atoms with E-state index < -0.39 is 0 Å². The zero-order valence-corrected chi connectivity index (χ0v) is 18.7. The van der Waals surface area contributed by atoms with Gasteiger partial charge in [-0.25, -0.2) is 0 Å². The van der Waals surface area contributed by atoms with Crippen LogP contribution in [-0.4, -0.2) is 9.55 Å². The van der Waals surface area contributed by atoms with Crippen molar-refractivity contribution >= 4 is 21.8 Å². The fraction of sp³-hybridized carbons (Fsp3) is 0. The van der Waals surface area contributed by atoms with Gasteiger partial charge in [-0.05, 0) is 59.7 Å². The van der Waals surface area contributed by atoms with Gasteiger partial charge in [0.2, 0.25) is 0 Å². The van der Waals surface area contributed by atoms with E-state index in [1.54, 1.807) is 18.3 Å². The molecule has 0 radical (unpaired) electrons. The number of fused-ring (bicyclic) bond motifs is 3. The first-order valence-corrected chi connectivity index (χ1v) is 11.3. The number of benzene rings is 4. The highest BCUT2D eigenvalue weighted by atomic mass is 15.0. The highest BCUT2D eigenvalue weighted by Crippen LogP contribution is 2.36. The average molecular weight is 447 g/mol. The molecule has 0 aliphatic carbocycles. The summed E-state index contributed by atoms with van der Waals surface area (Å²) in [4.78, 5) is 4.52. The lowest BCUT2D eigenvalue weighted by Gasteiger charge is -2.13. The minimum atomic E-state index is 0.548. The Bertz CT molecular complexity index is 1830. The Balaban J connectivity index is 1.59. The van der Waals surface area contributed by atoms with Gasteiger partial charge in [0.1, 0.15) is 6.07 Å². The average Bonchev–Trinajstić information content (AvgIpc) is 3.26. The second-order valence-electron chi connectivity index (χ2n) is 8.30. The maximum Gasteiger partial charge on any atom is 0.101 e. The number of nitriles is 2. The molecule has 0 bridgehead atoms. The third-order valence-corrected chi connectivity index (χ3v) is 6.33. The van der Waals surface area contributed by atoms with E-state index in [0.29, 0.717) is 16.8 Å². The predicted octanol–water partition coefficient (Wildman–Crippen LogP) is 7.26. The van der Waals surface area contributed by atoms with Gasteiger partial charge in [0, 0.05) is 28.2 Å². The maximum atomic E-state index is 9.64. The number of hydrogen-bond acceptors (Lipinski definition) is 3.